The zero-order valence-corrected chi connectivity index (χ0v) is 58.6. The van der Waals surface area contributed by atoms with Gasteiger partial charge in [-0.1, -0.05) is 404 Å². The molecule has 2 unspecified atom stereocenters. The van der Waals surface area contributed by atoms with Gasteiger partial charge >= 0.3 is 5.97 Å². The van der Waals surface area contributed by atoms with Crippen LogP contribution in [0.25, 0.3) is 0 Å². The van der Waals surface area contributed by atoms with E-state index < -0.39 is 12.1 Å². The first kappa shape index (κ1) is 84.3. The fourth-order valence-electron chi connectivity index (χ4n) is 12.7. The van der Waals surface area contributed by atoms with Crippen LogP contribution >= 0.6 is 0 Å². The summed E-state index contributed by atoms with van der Waals surface area (Å²) in [5, 5.41) is 23.4. The number of hydrogen-bond acceptors (Lipinski definition) is 5. The highest BCUT2D eigenvalue weighted by Gasteiger charge is 2.20. The van der Waals surface area contributed by atoms with Gasteiger partial charge in [0.2, 0.25) is 5.91 Å². The van der Waals surface area contributed by atoms with Gasteiger partial charge in [-0.05, 0) is 57.8 Å². The minimum atomic E-state index is -0.663. The number of hydrogen-bond donors (Lipinski definition) is 3. The standard InChI is InChI=1S/C80H155NO5/c1-3-5-7-9-11-13-15-17-18-19-39-42-45-49-52-56-60-64-68-72-78(83)77(76-82)81-79(84)73-69-65-61-57-53-50-46-43-40-37-35-33-31-29-27-25-23-21-20-22-24-26-28-30-32-34-36-38-41-44-47-51-55-59-63-67-71-75-86-80(85)74-70-66-62-58-54-48-16-14-12-10-8-6-4-2/h20,22,26,28,77-78,82-83H,3-19,21,23-25,27,29-76H2,1-2H3,(H,81,84)/b22-20-,28-26-. The second kappa shape index (κ2) is 75.8. The summed E-state index contributed by atoms with van der Waals surface area (Å²) < 4.78 is 5.49. The Kier molecular flexibility index (Phi) is 74.3. The number of allylic oxidation sites excluding steroid dienone is 4. The second-order valence-corrected chi connectivity index (χ2v) is 27.4. The van der Waals surface area contributed by atoms with E-state index in [0.717, 1.165) is 44.9 Å². The number of nitrogens with one attached hydrogen (secondary N) is 1. The molecule has 1 amide bonds. The van der Waals surface area contributed by atoms with E-state index in [2.05, 4.69) is 43.5 Å². The summed E-state index contributed by atoms with van der Waals surface area (Å²) in [6.45, 7) is 5.00. The summed E-state index contributed by atoms with van der Waals surface area (Å²) in [4.78, 5) is 24.6. The van der Waals surface area contributed by atoms with Crippen molar-refractivity contribution in [2.24, 2.45) is 0 Å². The van der Waals surface area contributed by atoms with Crippen molar-refractivity contribution in [3.05, 3.63) is 24.3 Å². The maximum atomic E-state index is 12.6. The number of ether oxygens (including phenoxy) is 1. The summed E-state index contributed by atoms with van der Waals surface area (Å²) >= 11 is 0. The SMILES string of the molecule is CCCCCCCCCCCCCCCCCCCCCC(O)C(CO)NC(=O)CCCCCCCCCCCCCCCCCCC/C=C\C/C=C\CCCCCCCCCCCCCCCOC(=O)CCCCCCCCCCCCCCC. The van der Waals surface area contributed by atoms with E-state index in [1.165, 1.54) is 372 Å². The van der Waals surface area contributed by atoms with Crippen LogP contribution in [0.3, 0.4) is 0 Å². The predicted molar refractivity (Wildman–Crippen MR) is 380 cm³/mol. The zero-order chi connectivity index (χ0) is 62.0. The Morgan fingerprint density at radius 2 is 0.581 bits per heavy atom. The van der Waals surface area contributed by atoms with Crippen LogP contribution in [0.4, 0.5) is 0 Å². The normalized spacial score (nSPS) is 12.6. The highest BCUT2D eigenvalue weighted by molar-refractivity contribution is 5.76. The number of carbonyl (C=O) groups is 2. The number of carbonyl (C=O) groups excluding carboxylic acids is 2. The number of amides is 1. The number of unbranched alkanes of at least 4 members (excludes halogenated alkanes) is 60. The fraction of sp³-hybridized carbons (Fsp3) is 0.925. The molecule has 0 radical (unpaired) electrons. The molecule has 0 aliphatic carbocycles. The van der Waals surface area contributed by atoms with Gasteiger partial charge in [-0.25, -0.2) is 0 Å². The van der Waals surface area contributed by atoms with E-state index in [1.54, 1.807) is 0 Å². The third-order valence-electron chi connectivity index (χ3n) is 18.8. The Hall–Kier alpha value is -1.66. The Labute approximate surface area is 539 Å². The molecule has 0 aliphatic heterocycles. The first-order chi connectivity index (χ1) is 42.5. The van der Waals surface area contributed by atoms with E-state index in [-0.39, 0.29) is 18.5 Å². The number of aliphatic hydroxyl groups is 2. The Balaban J connectivity index is 3.36. The van der Waals surface area contributed by atoms with E-state index in [4.69, 9.17) is 4.74 Å². The van der Waals surface area contributed by atoms with E-state index in [9.17, 15) is 19.8 Å². The molecule has 0 spiro atoms. The summed E-state index contributed by atoms with van der Waals surface area (Å²) in [5.41, 5.74) is 0. The number of aliphatic hydroxyl groups excluding tert-OH is 2. The first-order valence-corrected chi connectivity index (χ1v) is 39.6. The van der Waals surface area contributed by atoms with Crippen molar-refractivity contribution in [1.29, 1.82) is 0 Å². The van der Waals surface area contributed by atoms with Gasteiger partial charge in [0.15, 0.2) is 0 Å². The summed E-state index contributed by atoms with van der Waals surface area (Å²) in [6, 6.07) is -0.540. The smallest absolute Gasteiger partial charge is 0.305 e. The molecule has 510 valence electrons. The molecule has 0 fully saturated rings. The van der Waals surface area contributed by atoms with Crippen LogP contribution in [-0.4, -0.2) is 47.4 Å². The molecular formula is C80H155NO5. The van der Waals surface area contributed by atoms with Gasteiger partial charge in [-0.15, -0.1) is 0 Å². The molecule has 0 rings (SSSR count). The van der Waals surface area contributed by atoms with Gasteiger partial charge in [-0.3, -0.25) is 9.59 Å². The molecule has 0 saturated heterocycles. The molecule has 86 heavy (non-hydrogen) atoms. The van der Waals surface area contributed by atoms with Gasteiger partial charge in [0, 0.05) is 12.8 Å². The fourth-order valence-corrected chi connectivity index (χ4v) is 12.7. The molecule has 6 heteroatoms. The molecule has 0 aromatic heterocycles. The average Bonchev–Trinajstić information content (AvgIpc) is 3.56. The van der Waals surface area contributed by atoms with Crippen LogP contribution in [0, 0.1) is 0 Å². The molecule has 3 N–H and O–H groups in total. The molecule has 0 aliphatic rings. The molecule has 6 nitrogen and oxygen atoms in total. The van der Waals surface area contributed by atoms with E-state index >= 15 is 0 Å². The van der Waals surface area contributed by atoms with Crippen molar-refractivity contribution in [2.75, 3.05) is 13.2 Å². The predicted octanol–water partition coefficient (Wildman–Crippen LogP) is 26.0. The third-order valence-corrected chi connectivity index (χ3v) is 18.8. The van der Waals surface area contributed by atoms with E-state index in [0.29, 0.717) is 25.9 Å². The van der Waals surface area contributed by atoms with Crippen molar-refractivity contribution in [2.45, 2.75) is 463 Å². The second-order valence-electron chi connectivity index (χ2n) is 27.4. The molecule has 0 saturated carbocycles. The minimum absolute atomic E-state index is 0.0212. The first-order valence-electron chi connectivity index (χ1n) is 39.6. The highest BCUT2D eigenvalue weighted by Crippen LogP contribution is 2.20. The van der Waals surface area contributed by atoms with Crippen molar-refractivity contribution < 1.29 is 24.5 Å². The van der Waals surface area contributed by atoms with Crippen LogP contribution in [0.2, 0.25) is 0 Å². The van der Waals surface area contributed by atoms with Crippen molar-refractivity contribution in [3.8, 4) is 0 Å². The van der Waals surface area contributed by atoms with Crippen LogP contribution in [0.1, 0.15) is 450 Å². The lowest BCUT2D eigenvalue weighted by atomic mass is 10.0. The van der Waals surface area contributed by atoms with Crippen molar-refractivity contribution in [3.63, 3.8) is 0 Å². The van der Waals surface area contributed by atoms with E-state index in [1.807, 2.05) is 0 Å². The Bertz CT molecular complexity index is 1350. The van der Waals surface area contributed by atoms with Crippen LogP contribution in [0.5, 0.6) is 0 Å². The molecule has 2 atom stereocenters. The van der Waals surface area contributed by atoms with Gasteiger partial charge in [0.25, 0.3) is 0 Å². The molecule has 0 heterocycles. The van der Waals surface area contributed by atoms with Gasteiger partial charge in [-0.2, -0.15) is 0 Å². The summed E-state index contributed by atoms with van der Waals surface area (Å²) in [7, 11) is 0. The van der Waals surface area contributed by atoms with Crippen LogP contribution in [0.15, 0.2) is 24.3 Å². The molecule has 0 bridgehead atoms. The monoisotopic (exact) mass is 1210 g/mol. The van der Waals surface area contributed by atoms with Crippen LogP contribution < -0.4 is 5.32 Å². The molecular weight excluding hydrogens is 1050 g/mol. The summed E-state index contributed by atoms with van der Waals surface area (Å²) in [5.74, 6) is -0.00622. The van der Waals surface area contributed by atoms with Gasteiger partial charge in [0.1, 0.15) is 0 Å². The summed E-state index contributed by atoms with van der Waals surface area (Å²) in [6.07, 6.45) is 97.0. The van der Waals surface area contributed by atoms with Gasteiger partial charge < -0.3 is 20.3 Å². The Morgan fingerprint density at radius 1 is 0.326 bits per heavy atom. The maximum Gasteiger partial charge on any atom is 0.305 e. The lowest BCUT2D eigenvalue weighted by Gasteiger charge is -2.22. The van der Waals surface area contributed by atoms with Crippen molar-refractivity contribution in [1.82, 2.24) is 5.32 Å². The number of rotatable bonds is 75. The van der Waals surface area contributed by atoms with Crippen LogP contribution in [-0.2, 0) is 14.3 Å². The maximum absolute atomic E-state index is 12.6. The quantitative estimate of drug-likeness (QED) is 0.0320. The topological polar surface area (TPSA) is 95.9 Å². The van der Waals surface area contributed by atoms with Crippen molar-refractivity contribution >= 4 is 11.9 Å². The Morgan fingerprint density at radius 3 is 0.884 bits per heavy atom. The lowest BCUT2D eigenvalue weighted by molar-refractivity contribution is -0.143. The zero-order valence-electron chi connectivity index (χ0n) is 58.6. The molecule has 0 aromatic rings. The lowest BCUT2D eigenvalue weighted by Crippen LogP contribution is -2.45. The molecule has 0 aromatic carbocycles. The van der Waals surface area contributed by atoms with Gasteiger partial charge in [0.05, 0.1) is 25.4 Å². The highest BCUT2D eigenvalue weighted by atomic mass is 16.5. The minimum Gasteiger partial charge on any atom is -0.466 e. The largest absolute Gasteiger partial charge is 0.466 e. The third kappa shape index (κ3) is 71.4. The number of esters is 1. The average molecular weight is 1210 g/mol.